The van der Waals surface area contributed by atoms with Gasteiger partial charge >= 0.3 is 0 Å². The van der Waals surface area contributed by atoms with Gasteiger partial charge in [-0.15, -0.1) is 0 Å². The van der Waals surface area contributed by atoms with Gasteiger partial charge in [-0.3, -0.25) is 0 Å². The van der Waals surface area contributed by atoms with Crippen molar-refractivity contribution in [1.82, 2.24) is 9.97 Å². The number of anilines is 1. The molecule has 0 bridgehead atoms. The van der Waals surface area contributed by atoms with E-state index in [1.54, 1.807) is 13.3 Å². The molecule has 0 aliphatic carbocycles. The Bertz CT molecular complexity index is 552. The zero-order chi connectivity index (χ0) is 13.1. The lowest BCUT2D eigenvalue weighted by atomic mass is 10.1. The lowest BCUT2D eigenvalue weighted by molar-refractivity contribution is 0.417. The molecule has 0 fully saturated rings. The minimum absolute atomic E-state index is 0.377. The molecule has 1 aromatic heterocycles. The van der Waals surface area contributed by atoms with Crippen molar-refractivity contribution in [3.05, 3.63) is 36.2 Å². The number of rotatable bonds is 3. The Hall–Kier alpha value is -2.10. The van der Waals surface area contributed by atoms with Gasteiger partial charge in [0, 0.05) is 17.5 Å². The third-order valence-electron chi connectivity index (χ3n) is 2.76. The molecule has 0 saturated carbocycles. The number of nitrogens with zero attached hydrogens (tertiary/aromatic N) is 2. The summed E-state index contributed by atoms with van der Waals surface area (Å²) in [4.78, 5) is 8.81. The van der Waals surface area contributed by atoms with Crippen LogP contribution in [0.3, 0.4) is 0 Å². The minimum Gasteiger partial charge on any atom is -0.495 e. The highest BCUT2D eigenvalue weighted by Gasteiger charge is 2.07. The first-order valence-corrected chi connectivity index (χ1v) is 5.88. The lowest BCUT2D eigenvalue weighted by Gasteiger charge is -2.08. The molecule has 0 atom stereocenters. The van der Waals surface area contributed by atoms with E-state index in [0.717, 1.165) is 11.3 Å². The fourth-order valence-electron chi connectivity index (χ4n) is 1.71. The average Bonchev–Trinajstić information content (AvgIpc) is 2.38. The van der Waals surface area contributed by atoms with Crippen molar-refractivity contribution in [2.75, 3.05) is 12.8 Å². The van der Waals surface area contributed by atoms with Crippen LogP contribution in [0, 0.1) is 0 Å². The maximum Gasteiger partial charge on any atom is 0.159 e. The van der Waals surface area contributed by atoms with Gasteiger partial charge in [0.15, 0.2) is 5.82 Å². The normalized spacial score (nSPS) is 10.7. The van der Waals surface area contributed by atoms with E-state index in [1.807, 2.05) is 24.3 Å². The van der Waals surface area contributed by atoms with Gasteiger partial charge in [-0.2, -0.15) is 0 Å². The van der Waals surface area contributed by atoms with E-state index < -0.39 is 0 Å². The molecular formula is C14H17N3O. The Kier molecular flexibility index (Phi) is 3.46. The maximum absolute atomic E-state index is 5.89. The van der Waals surface area contributed by atoms with Gasteiger partial charge in [0.25, 0.3) is 0 Å². The summed E-state index contributed by atoms with van der Waals surface area (Å²) >= 11 is 0. The number of aromatic nitrogens is 2. The summed E-state index contributed by atoms with van der Waals surface area (Å²) < 4.78 is 5.13. The number of nitrogen functional groups attached to an aromatic ring is 1. The van der Waals surface area contributed by atoms with Crippen LogP contribution in [0.2, 0.25) is 0 Å². The van der Waals surface area contributed by atoms with Crippen molar-refractivity contribution in [1.29, 1.82) is 0 Å². The second-order valence-corrected chi connectivity index (χ2v) is 4.42. The van der Waals surface area contributed by atoms with E-state index in [2.05, 4.69) is 23.8 Å². The molecule has 0 spiro atoms. The van der Waals surface area contributed by atoms with Crippen LogP contribution in [-0.4, -0.2) is 17.1 Å². The number of ether oxygens (including phenoxy) is 1. The molecule has 0 unspecified atom stereocenters. The van der Waals surface area contributed by atoms with E-state index in [1.165, 1.54) is 0 Å². The first-order valence-electron chi connectivity index (χ1n) is 5.88. The van der Waals surface area contributed by atoms with Crippen molar-refractivity contribution >= 4 is 5.69 Å². The van der Waals surface area contributed by atoms with Crippen LogP contribution >= 0.6 is 0 Å². The van der Waals surface area contributed by atoms with Crippen molar-refractivity contribution < 1.29 is 4.74 Å². The first kappa shape index (κ1) is 12.4. The Morgan fingerprint density at radius 3 is 2.61 bits per heavy atom. The fraction of sp³-hybridized carbons (Fsp3) is 0.286. The minimum atomic E-state index is 0.377. The average molecular weight is 243 g/mol. The molecule has 0 aliphatic heterocycles. The third kappa shape index (κ3) is 2.42. The Morgan fingerprint density at radius 2 is 2.00 bits per heavy atom. The molecule has 0 saturated heterocycles. The number of nitrogens with two attached hydrogens (primary N) is 1. The molecule has 2 rings (SSSR count). The van der Waals surface area contributed by atoms with Crippen molar-refractivity contribution in [3.63, 3.8) is 0 Å². The van der Waals surface area contributed by atoms with Crippen molar-refractivity contribution in [3.8, 4) is 17.1 Å². The largest absolute Gasteiger partial charge is 0.495 e. The fourth-order valence-corrected chi connectivity index (χ4v) is 1.71. The van der Waals surface area contributed by atoms with Gasteiger partial charge in [0.2, 0.25) is 0 Å². The van der Waals surface area contributed by atoms with Gasteiger partial charge < -0.3 is 10.5 Å². The van der Waals surface area contributed by atoms with Gasteiger partial charge in [0.05, 0.1) is 12.8 Å². The number of methoxy groups -OCH3 is 1. The SMILES string of the molecule is COc1ccc(-c2nccc(C(C)C)n2)cc1N. The molecule has 0 amide bonds. The Balaban J connectivity index is 2.42. The molecule has 1 aromatic carbocycles. The summed E-state index contributed by atoms with van der Waals surface area (Å²) in [6, 6.07) is 7.50. The van der Waals surface area contributed by atoms with Crippen molar-refractivity contribution in [2.24, 2.45) is 0 Å². The summed E-state index contributed by atoms with van der Waals surface area (Å²) in [6.07, 6.45) is 1.78. The summed E-state index contributed by atoms with van der Waals surface area (Å²) in [5.74, 6) is 1.73. The summed E-state index contributed by atoms with van der Waals surface area (Å²) in [5, 5.41) is 0. The van der Waals surface area contributed by atoms with E-state index in [4.69, 9.17) is 10.5 Å². The Morgan fingerprint density at radius 1 is 1.22 bits per heavy atom. The van der Waals surface area contributed by atoms with Gasteiger partial charge in [-0.25, -0.2) is 9.97 Å². The number of benzene rings is 1. The summed E-state index contributed by atoms with van der Waals surface area (Å²) in [6.45, 7) is 4.21. The molecule has 2 aromatic rings. The molecule has 1 heterocycles. The monoisotopic (exact) mass is 243 g/mol. The second kappa shape index (κ2) is 5.04. The zero-order valence-electron chi connectivity index (χ0n) is 10.8. The molecule has 4 nitrogen and oxygen atoms in total. The maximum atomic E-state index is 5.89. The van der Waals surface area contributed by atoms with Crippen molar-refractivity contribution in [2.45, 2.75) is 19.8 Å². The van der Waals surface area contributed by atoms with Crippen LogP contribution in [-0.2, 0) is 0 Å². The number of hydrogen-bond acceptors (Lipinski definition) is 4. The van der Waals surface area contributed by atoms with E-state index in [-0.39, 0.29) is 0 Å². The second-order valence-electron chi connectivity index (χ2n) is 4.42. The molecule has 2 N–H and O–H groups in total. The highest BCUT2D eigenvalue weighted by Crippen LogP contribution is 2.26. The lowest BCUT2D eigenvalue weighted by Crippen LogP contribution is -1.98. The van der Waals surface area contributed by atoms with Crippen LogP contribution in [0.1, 0.15) is 25.5 Å². The van der Waals surface area contributed by atoms with Crippen LogP contribution in [0.25, 0.3) is 11.4 Å². The van der Waals surface area contributed by atoms with Crippen LogP contribution in [0.15, 0.2) is 30.5 Å². The van der Waals surface area contributed by atoms with Gasteiger partial charge in [-0.05, 0) is 30.2 Å². The van der Waals surface area contributed by atoms with Gasteiger partial charge in [0.1, 0.15) is 5.75 Å². The highest BCUT2D eigenvalue weighted by atomic mass is 16.5. The summed E-state index contributed by atoms with van der Waals surface area (Å²) in [7, 11) is 1.60. The van der Waals surface area contributed by atoms with E-state index in [9.17, 15) is 0 Å². The molecule has 94 valence electrons. The molecule has 0 radical (unpaired) electrons. The Labute approximate surface area is 107 Å². The molecule has 0 aliphatic rings. The van der Waals surface area contributed by atoms with E-state index in [0.29, 0.717) is 23.2 Å². The predicted octanol–water partition coefficient (Wildman–Crippen LogP) is 2.86. The molecule has 18 heavy (non-hydrogen) atoms. The zero-order valence-corrected chi connectivity index (χ0v) is 10.8. The number of hydrogen-bond donors (Lipinski definition) is 1. The van der Waals surface area contributed by atoms with Gasteiger partial charge in [-0.1, -0.05) is 13.8 Å². The quantitative estimate of drug-likeness (QED) is 0.842. The smallest absolute Gasteiger partial charge is 0.159 e. The van der Waals surface area contributed by atoms with E-state index >= 15 is 0 Å². The van der Waals surface area contributed by atoms with Crippen LogP contribution in [0.4, 0.5) is 5.69 Å². The highest BCUT2D eigenvalue weighted by molar-refractivity contribution is 5.66. The predicted molar refractivity (Wildman–Crippen MR) is 72.5 cm³/mol. The topological polar surface area (TPSA) is 61.0 Å². The summed E-state index contributed by atoms with van der Waals surface area (Å²) in [5.41, 5.74) is 8.40. The standard InChI is InChI=1S/C14H17N3O/c1-9(2)12-6-7-16-14(17-12)10-4-5-13(18-3)11(15)8-10/h4-9H,15H2,1-3H3. The van der Waals surface area contributed by atoms with Crippen LogP contribution < -0.4 is 10.5 Å². The molecule has 4 heteroatoms. The third-order valence-corrected chi connectivity index (χ3v) is 2.76. The first-order chi connectivity index (χ1) is 8.61. The molecular weight excluding hydrogens is 226 g/mol. The van der Waals surface area contributed by atoms with Crippen LogP contribution in [0.5, 0.6) is 5.75 Å².